The lowest BCUT2D eigenvalue weighted by Gasteiger charge is -2.25. The highest BCUT2D eigenvalue weighted by Crippen LogP contribution is 2.12. The van der Waals surface area contributed by atoms with Crippen molar-refractivity contribution in [3.63, 3.8) is 0 Å². The summed E-state index contributed by atoms with van der Waals surface area (Å²) in [6.45, 7) is 4.32. The first-order chi connectivity index (χ1) is 9.25. The predicted molar refractivity (Wildman–Crippen MR) is 79.3 cm³/mol. The molecule has 3 heteroatoms. The average Bonchev–Trinajstić information content (AvgIpc) is 2.37. The number of aryl methyl sites for hydroxylation is 1. The molecule has 1 aromatic rings. The Morgan fingerprint density at radius 3 is 2.26 bits per heavy atom. The molecular weight excluding hydrogens is 236 g/mol. The molecule has 0 aromatic heterocycles. The van der Waals surface area contributed by atoms with Gasteiger partial charge in [0.2, 0.25) is 5.91 Å². The molecule has 104 valence electrons. The summed E-state index contributed by atoms with van der Waals surface area (Å²) in [5.74, 6) is 0.225. The predicted octanol–water partition coefficient (Wildman–Crippen LogP) is 3.20. The third-order valence-corrected chi connectivity index (χ3v) is 3.70. The molecule has 3 nitrogen and oxygen atoms in total. The average molecular weight is 260 g/mol. The van der Waals surface area contributed by atoms with Crippen molar-refractivity contribution in [1.82, 2.24) is 4.90 Å². The van der Waals surface area contributed by atoms with Gasteiger partial charge in [-0.25, -0.2) is 0 Å². The van der Waals surface area contributed by atoms with Gasteiger partial charge >= 0.3 is 0 Å². The molecule has 1 aromatic carbocycles. The number of benzene rings is 1. The van der Waals surface area contributed by atoms with Gasteiger partial charge in [0, 0.05) is 18.8 Å². The smallest absolute Gasteiger partial charge is 0.241 e. The van der Waals surface area contributed by atoms with Crippen molar-refractivity contribution in [2.45, 2.75) is 39.0 Å². The molecule has 0 aliphatic carbocycles. The van der Waals surface area contributed by atoms with Crippen LogP contribution in [0.4, 0.5) is 5.69 Å². The minimum Gasteiger partial charge on any atom is -0.376 e. The van der Waals surface area contributed by atoms with E-state index in [0.717, 1.165) is 31.6 Å². The highest BCUT2D eigenvalue weighted by Gasteiger charge is 2.14. The maximum absolute atomic E-state index is 12.2. The highest BCUT2D eigenvalue weighted by atomic mass is 16.2. The summed E-state index contributed by atoms with van der Waals surface area (Å²) in [4.78, 5) is 14.2. The van der Waals surface area contributed by atoms with Crippen LogP contribution in [0.15, 0.2) is 24.3 Å². The molecule has 1 aliphatic rings. The van der Waals surface area contributed by atoms with Gasteiger partial charge in [0.25, 0.3) is 0 Å². The zero-order chi connectivity index (χ0) is 13.5. The van der Waals surface area contributed by atoms with E-state index < -0.39 is 0 Å². The van der Waals surface area contributed by atoms with Crippen LogP contribution in [0.5, 0.6) is 0 Å². The molecule has 0 saturated carbocycles. The van der Waals surface area contributed by atoms with Crippen molar-refractivity contribution in [3.8, 4) is 0 Å². The number of anilines is 1. The van der Waals surface area contributed by atoms with E-state index >= 15 is 0 Å². The van der Waals surface area contributed by atoms with Gasteiger partial charge < -0.3 is 10.2 Å². The number of hydrogen-bond acceptors (Lipinski definition) is 2. The molecule has 0 radical (unpaired) electrons. The van der Waals surface area contributed by atoms with Crippen LogP contribution in [0.1, 0.15) is 37.7 Å². The van der Waals surface area contributed by atoms with Crippen LogP contribution in [0.3, 0.4) is 0 Å². The van der Waals surface area contributed by atoms with Crippen LogP contribution in [0.25, 0.3) is 0 Å². The minimum absolute atomic E-state index is 0.225. The Morgan fingerprint density at radius 2 is 1.63 bits per heavy atom. The summed E-state index contributed by atoms with van der Waals surface area (Å²) >= 11 is 0. The van der Waals surface area contributed by atoms with Gasteiger partial charge in [-0.2, -0.15) is 0 Å². The Morgan fingerprint density at radius 1 is 1.05 bits per heavy atom. The topological polar surface area (TPSA) is 32.3 Å². The zero-order valence-corrected chi connectivity index (χ0v) is 11.8. The van der Waals surface area contributed by atoms with E-state index in [2.05, 4.69) is 24.4 Å². The second-order valence-electron chi connectivity index (χ2n) is 5.37. The highest BCUT2D eigenvalue weighted by molar-refractivity contribution is 5.80. The summed E-state index contributed by atoms with van der Waals surface area (Å²) in [7, 11) is 0. The molecule has 1 amide bonds. The molecule has 19 heavy (non-hydrogen) atoms. The van der Waals surface area contributed by atoms with E-state index in [1.54, 1.807) is 0 Å². The Kier molecular flexibility index (Phi) is 5.25. The molecular formula is C16H24N2O. The Labute approximate surface area is 116 Å². The fourth-order valence-electron chi connectivity index (χ4n) is 2.46. The number of carbonyl (C=O) groups is 1. The van der Waals surface area contributed by atoms with Crippen molar-refractivity contribution in [2.75, 3.05) is 25.0 Å². The third-order valence-electron chi connectivity index (χ3n) is 3.70. The van der Waals surface area contributed by atoms with Crippen LogP contribution in [-0.4, -0.2) is 30.4 Å². The van der Waals surface area contributed by atoms with E-state index in [4.69, 9.17) is 0 Å². The molecule has 1 N–H and O–H groups in total. The van der Waals surface area contributed by atoms with Gasteiger partial charge in [-0.1, -0.05) is 37.0 Å². The fraction of sp³-hybridized carbons (Fsp3) is 0.562. The first-order valence-electron chi connectivity index (χ1n) is 7.34. The Balaban J connectivity index is 1.80. The summed E-state index contributed by atoms with van der Waals surface area (Å²) in [6.07, 6.45) is 6.14. The zero-order valence-electron chi connectivity index (χ0n) is 11.8. The number of likely N-dealkylation sites (tertiary alicyclic amines) is 1. The molecule has 0 unspecified atom stereocenters. The van der Waals surface area contributed by atoms with Crippen LogP contribution in [-0.2, 0) is 4.79 Å². The second-order valence-corrected chi connectivity index (χ2v) is 5.37. The van der Waals surface area contributed by atoms with E-state index in [-0.39, 0.29) is 5.91 Å². The van der Waals surface area contributed by atoms with Crippen molar-refractivity contribution in [2.24, 2.45) is 0 Å². The van der Waals surface area contributed by atoms with Crippen molar-refractivity contribution in [3.05, 3.63) is 29.8 Å². The number of nitrogens with zero attached hydrogens (tertiary/aromatic N) is 1. The number of nitrogens with one attached hydrogen (secondary N) is 1. The first-order valence-corrected chi connectivity index (χ1v) is 7.34. The van der Waals surface area contributed by atoms with Crippen LogP contribution in [0, 0.1) is 6.92 Å². The quantitative estimate of drug-likeness (QED) is 0.905. The molecule has 1 saturated heterocycles. The monoisotopic (exact) mass is 260 g/mol. The Hall–Kier alpha value is -1.51. The van der Waals surface area contributed by atoms with E-state index in [1.165, 1.54) is 24.8 Å². The van der Waals surface area contributed by atoms with E-state index in [9.17, 15) is 4.79 Å². The lowest BCUT2D eigenvalue weighted by Crippen LogP contribution is -2.37. The molecule has 1 fully saturated rings. The molecule has 0 spiro atoms. The van der Waals surface area contributed by atoms with Crippen molar-refractivity contribution >= 4 is 11.6 Å². The standard InChI is InChI=1S/C16H24N2O/c1-14-7-9-15(10-8-14)17-13-16(19)18-11-5-3-2-4-6-12-18/h7-10,17H,2-6,11-13H2,1H3. The van der Waals surface area contributed by atoms with Gasteiger partial charge in [-0.3, -0.25) is 4.79 Å². The largest absolute Gasteiger partial charge is 0.376 e. The number of rotatable bonds is 3. The minimum atomic E-state index is 0.225. The maximum atomic E-state index is 12.2. The normalized spacial score (nSPS) is 16.6. The van der Waals surface area contributed by atoms with Gasteiger partial charge in [0.1, 0.15) is 0 Å². The van der Waals surface area contributed by atoms with E-state index in [1.807, 2.05) is 17.0 Å². The summed E-state index contributed by atoms with van der Waals surface area (Å²) in [5, 5.41) is 3.21. The lowest BCUT2D eigenvalue weighted by molar-refractivity contribution is -0.129. The summed E-state index contributed by atoms with van der Waals surface area (Å²) in [5.41, 5.74) is 2.26. The Bertz CT molecular complexity index is 392. The maximum Gasteiger partial charge on any atom is 0.241 e. The van der Waals surface area contributed by atoms with Gasteiger partial charge in [0.15, 0.2) is 0 Å². The summed E-state index contributed by atoms with van der Waals surface area (Å²) in [6, 6.07) is 8.16. The summed E-state index contributed by atoms with van der Waals surface area (Å²) < 4.78 is 0. The lowest BCUT2D eigenvalue weighted by atomic mass is 10.1. The number of hydrogen-bond donors (Lipinski definition) is 1. The first kappa shape index (κ1) is 13.9. The fourth-order valence-corrected chi connectivity index (χ4v) is 2.46. The molecule has 1 heterocycles. The van der Waals surface area contributed by atoms with Gasteiger partial charge in [0.05, 0.1) is 6.54 Å². The third kappa shape index (κ3) is 4.58. The van der Waals surface area contributed by atoms with E-state index in [0.29, 0.717) is 6.54 Å². The SMILES string of the molecule is Cc1ccc(NCC(=O)N2CCCCCCC2)cc1. The van der Waals surface area contributed by atoms with Crippen LogP contribution in [0.2, 0.25) is 0 Å². The number of carbonyl (C=O) groups excluding carboxylic acids is 1. The van der Waals surface area contributed by atoms with Gasteiger partial charge in [-0.05, 0) is 31.9 Å². The molecule has 0 atom stereocenters. The molecule has 2 rings (SSSR count). The molecule has 1 aliphatic heterocycles. The second kappa shape index (κ2) is 7.17. The number of amides is 1. The molecule has 0 bridgehead atoms. The van der Waals surface area contributed by atoms with Crippen LogP contribution >= 0.6 is 0 Å². The van der Waals surface area contributed by atoms with Gasteiger partial charge in [-0.15, -0.1) is 0 Å². The van der Waals surface area contributed by atoms with Crippen molar-refractivity contribution < 1.29 is 4.79 Å². The van der Waals surface area contributed by atoms with Crippen molar-refractivity contribution in [1.29, 1.82) is 0 Å². The van der Waals surface area contributed by atoms with Crippen LogP contribution < -0.4 is 5.32 Å².